The first-order chi connectivity index (χ1) is 12.0. The van der Waals surface area contributed by atoms with Gasteiger partial charge in [-0.3, -0.25) is 9.89 Å². The summed E-state index contributed by atoms with van der Waals surface area (Å²) in [4.78, 5) is 14.3. The second-order valence-electron chi connectivity index (χ2n) is 7.00. The van der Waals surface area contributed by atoms with Crippen molar-refractivity contribution in [1.82, 2.24) is 19.4 Å². The molecule has 1 N–H and O–H groups in total. The first-order valence-electron chi connectivity index (χ1n) is 8.73. The lowest BCUT2D eigenvalue weighted by molar-refractivity contribution is -0.139. The van der Waals surface area contributed by atoms with Gasteiger partial charge in [0.1, 0.15) is 4.90 Å². The Kier molecular flexibility index (Phi) is 5.45. The molecule has 1 amide bonds. The average Bonchev–Trinajstić information content (AvgIpc) is 3.14. The van der Waals surface area contributed by atoms with Crippen molar-refractivity contribution >= 4 is 15.9 Å². The number of piperidine rings is 2. The number of sulfonamides is 1. The van der Waals surface area contributed by atoms with Gasteiger partial charge in [-0.1, -0.05) is 0 Å². The Labute approximate surface area is 148 Å². The van der Waals surface area contributed by atoms with Crippen LogP contribution in [0.5, 0.6) is 0 Å². The number of nitrogens with zero attached hydrogens (tertiary/aromatic N) is 3. The third-order valence-electron chi connectivity index (χ3n) is 5.42. The van der Waals surface area contributed by atoms with Gasteiger partial charge in [-0.05, 0) is 31.1 Å². The molecule has 140 valence electrons. The van der Waals surface area contributed by atoms with Crippen molar-refractivity contribution in [3.8, 4) is 0 Å². The highest BCUT2D eigenvalue weighted by atomic mass is 32.2. The van der Waals surface area contributed by atoms with E-state index in [0.717, 1.165) is 32.2 Å². The molecular weight excluding hydrogens is 344 g/mol. The van der Waals surface area contributed by atoms with E-state index in [1.54, 1.807) is 7.11 Å². The van der Waals surface area contributed by atoms with Crippen LogP contribution >= 0.6 is 0 Å². The summed E-state index contributed by atoms with van der Waals surface area (Å²) >= 11 is 0. The minimum absolute atomic E-state index is 0.0450. The highest BCUT2D eigenvalue weighted by Crippen LogP contribution is 2.41. The number of hydrogen-bond donors (Lipinski definition) is 1. The fourth-order valence-electron chi connectivity index (χ4n) is 3.84. The summed E-state index contributed by atoms with van der Waals surface area (Å²) in [5.74, 6) is 0.204. The predicted octanol–water partition coefficient (Wildman–Crippen LogP) is 0.840. The molecule has 1 aromatic rings. The minimum atomic E-state index is -3.47. The highest BCUT2D eigenvalue weighted by molar-refractivity contribution is 7.89. The smallest absolute Gasteiger partial charge is 0.246 e. The third-order valence-corrected chi connectivity index (χ3v) is 7.28. The fourth-order valence-corrected chi connectivity index (χ4v) is 5.19. The molecule has 2 aliphatic heterocycles. The molecule has 2 saturated heterocycles. The van der Waals surface area contributed by atoms with E-state index in [4.69, 9.17) is 4.74 Å². The van der Waals surface area contributed by atoms with Gasteiger partial charge in [-0.15, -0.1) is 0 Å². The van der Waals surface area contributed by atoms with Crippen molar-refractivity contribution in [3.05, 3.63) is 12.4 Å². The van der Waals surface area contributed by atoms with Gasteiger partial charge in [-0.25, -0.2) is 8.42 Å². The molecule has 8 nitrogen and oxygen atoms in total. The van der Waals surface area contributed by atoms with Crippen molar-refractivity contribution < 1.29 is 17.9 Å². The van der Waals surface area contributed by atoms with Crippen molar-refractivity contribution in [2.75, 3.05) is 39.9 Å². The van der Waals surface area contributed by atoms with Crippen LogP contribution in [0.1, 0.15) is 32.1 Å². The van der Waals surface area contributed by atoms with Crippen LogP contribution in [0.4, 0.5) is 0 Å². The minimum Gasteiger partial charge on any atom is -0.385 e. The second-order valence-corrected chi connectivity index (χ2v) is 8.94. The molecule has 0 aliphatic carbocycles. The first kappa shape index (κ1) is 18.3. The fraction of sp³-hybridized carbons (Fsp3) is 0.750. The number of likely N-dealkylation sites (tertiary alicyclic amines) is 1. The zero-order valence-corrected chi connectivity index (χ0v) is 15.4. The molecule has 9 heteroatoms. The molecule has 25 heavy (non-hydrogen) atoms. The van der Waals surface area contributed by atoms with E-state index >= 15 is 0 Å². The molecule has 0 unspecified atom stereocenters. The number of aromatic nitrogens is 2. The Hall–Kier alpha value is -1.45. The van der Waals surface area contributed by atoms with Gasteiger partial charge < -0.3 is 9.64 Å². The number of methoxy groups -OCH3 is 1. The topological polar surface area (TPSA) is 95.6 Å². The van der Waals surface area contributed by atoms with Gasteiger partial charge in [0.15, 0.2) is 0 Å². The van der Waals surface area contributed by atoms with Gasteiger partial charge in [0.2, 0.25) is 15.9 Å². The maximum Gasteiger partial charge on any atom is 0.246 e. The lowest BCUT2D eigenvalue weighted by Gasteiger charge is -2.47. The number of carbonyl (C=O) groups is 1. The molecule has 1 aromatic heterocycles. The van der Waals surface area contributed by atoms with E-state index in [1.807, 2.05) is 4.90 Å². The van der Waals surface area contributed by atoms with Crippen molar-refractivity contribution in [2.24, 2.45) is 5.41 Å². The number of aromatic amines is 1. The number of rotatable bonds is 6. The van der Waals surface area contributed by atoms with E-state index in [0.29, 0.717) is 32.7 Å². The number of H-pyrrole nitrogens is 1. The Morgan fingerprint density at radius 2 is 2.08 bits per heavy atom. The monoisotopic (exact) mass is 370 g/mol. The van der Waals surface area contributed by atoms with Crippen molar-refractivity contribution in [2.45, 2.75) is 37.0 Å². The number of carbonyl (C=O) groups excluding carboxylic acids is 1. The SMILES string of the molecule is COCCCN1CC2(CCC1=O)CCN(S(=O)(=O)c1cn[nH]c1)CC2. The van der Waals surface area contributed by atoms with E-state index in [-0.39, 0.29) is 16.2 Å². The molecule has 0 bridgehead atoms. The zero-order valence-electron chi connectivity index (χ0n) is 14.6. The molecule has 0 radical (unpaired) electrons. The van der Waals surface area contributed by atoms with Crippen LogP contribution in [0.2, 0.25) is 0 Å². The molecule has 0 aromatic carbocycles. The molecule has 2 fully saturated rings. The van der Waals surface area contributed by atoms with Gasteiger partial charge in [0.25, 0.3) is 0 Å². The van der Waals surface area contributed by atoms with Gasteiger partial charge in [0.05, 0.1) is 6.20 Å². The summed E-state index contributed by atoms with van der Waals surface area (Å²) in [6.07, 6.45) is 6.58. The molecule has 0 atom stereocenters. The van der Waals surface area contributed by atoms with Crippen LogP contribution in [0.3, 0.4) is 0 Å². The number of hydrogen-bond acceptors (Lipinski definition) is 5. The van der Waals surface area contributed by atoms with Gasteiger partial charge in [-0.2, -0.15) is 9.40 Å². The first-order valence-corrected chi connectivity index (χ1v) is 10.2. The average molecular weight is 370 g/mol. The largest absolute Gasteiger partial charge is 0.385 e. The summed E-state index contributed by atoms with van der Waals surface area (Å²) in [6.45, 7) is 3.08. The molecule has 3 heterocycles. The zero-order chi connectivity index (χ0) is 17.9. The van der Waals surface area contributed by atoms with Crippen LogP contribution in [0, 0.1) is 5.41 Å². The summed E-state index contributed by atoms with van der Waals surface area (Å²) in [6, 6.07) is 0. The quantitative estimate of drug-likeness (QED) is 0.749. The molecule has 1 spiro atoms. The van der Waals surface area contributed by atoms with Crippen molar-refractivity contribution in [1.29, 1.82) is 0 Å². The van der Waals surface area contributed by atoms with E-state index in [1.165, 1.54) is 16.7 Å². The van der Waals surface area contributed by atoms with Crippen LogP contribution < -0.4 is 0 Å². The number of nitrogens with one attached hydrogen (secondary N) is 1. The highest BCUT2D eigenvalue weighted by Gasteiger charge is 2.43. The third kappa shape index (κ3) is 3.88. The van der Waals surface area contributed by atoms with E-state index < -0.39 is 10.0 Å². The Morgan fingerprint density at radius 3 is 2.72 bits per heavy atom. The Balaban J connectivity index is 1.61. The Bertz CT molecular complexity index is 681. The number of ether oxygens (including phenoxy) is 1. The summed E-state index contributed by atoms with van der Waals surface area (Å²) in [5, 5.41) is 6.29. The van der Waals surface area contributed by atoms with E-state index in [9.17, 15) is 13.2 Å². The molecular formula is C16H26N4O4S. The Morgan fingerprint density at radius 1 is 1.32 bits per heavy atom. The summed E-state index contributed by atoms with van der Waals surface area (Å²) in [7, 11) is -1.81. The number of amides is 1. The second kappa shape index (κ2) is 7.43. The maximum absolute atomic E-state index is 12.6. The predicted molar refractivity (Wildman–Crippen MR) is 91.3 cm³/mol. The van der Waals surface area contributed by atoms with E-state index in [2.05, 4.69) is 10.2 Å². The van der Waals surface area contributed by atoms with Crippen LogP contribution in [-0.2, 0) is 19.6 Å². The van der Waals surface area contributed by atoms with Crippen LogP contribution in [-0.4, -0.2) is 73.6 Å². The van der Waals surface area contributed by atoms with Crippen molar-refractivity contribution in [3.63, 3.8) is 0 Å². The summed E-state index contributed by atoms with van der Waals surface area (Å²) in [5.41, 5.74) is 0.0450. The summed E-state index contributed by atoms with van der Waals surface area (Å²) < 4.78 is 31.8. The lowest BCUT2D eigenvalue weighted by atomic mass is 9.72. The normalized spacial score (nSPS) is 21.8. The molecule has 2 aliphatic rings. The maximum atomic E-state index is 12.6. The van der Waals surface area contributed by atoms with Crippen LogP contribution in [0.15, 0.2) is 17.3 Å². The lowest BCUT2D eigenvalue weighted by Crippen LogP contribution is -2.52. The van der Waals surface area contributed by atoms with Gasteiger partial charge >= 0.3 is 0 Å². The standard InChI is InChI=1S/C16H26N4O4S/c1-24-10-2-7-19-13-16(4-3-15(19)21)5-8-20(9-6-16)25(22,23)14-11-17-18-12-14/h11-12H,2-10,13H2,1H3,(H,17,18). The van der Waals surface area contributed by atoms with Crippen LogP contribution in [0.25, 0.3) is 0 Å². The van der Waals surface area contributed by atoms with Gasteiger partial charge in [0, 0.05) is 52.5 Å². The molecule has 0 saturated carbocycles. The molecule has 3 rings (SSSR count).